The van der Waals surface area contributed by atoms with Gasteiger partial charge in [-0.3, -0.25) is 37.3 Å². The van der Waals surface area contributed by atoms with E-state index in [-0.39, 0.29) is 25.7 Å². The second kappa shape index (κ2) is 73.3. The van der Waals surface area contributed by atoms with Crippen molar-refractivity contribution >= 4 is 39.5 Å². The van der Waals surface area contributed by atoms with E-state index in [0.717, 1.165) is 96.3 Å². The zero-order chi connectivity index (χ0) is 73.2. The molecular weight excluding hydrogens is 1310 g/mol. The summed E-state index contributed by atoms with van der Waals surface area (Å²) in [5.41, 5.74) is 0. The number of hydrogen-bond donors (Lipinski definition) is 3. The van der Waals surface area contributed by atoms with Gasteiger partial charge in [0, 0.05) is 25.7 Å². The van der Waals surface area contributed by atoms with Gasteiger partial charge in [0.05, 0.1) is 26.4 Å². The molecule has 578 valence electrons. The van der Waals surface area contributed by atoms with Crippen molar-refractivity contribution in [2.24, 2.45) is 0 Å². The minimum absolute atomic E-state index is 0.0202. The highest BCUT2D eigenvalue weighted by Crippen LogP contribution is 2.45. The van der Waals surface area contributed by atoms with Gasteiger partial charge < -0.3 is 33.8 Å². The van der Waals surface area contributed by atoms with Gasteiger partial charge >= 0.3 is 39.5 Å². The average Bonchev–Trinajstić information content (AvgIpc) is 1.93. The van der Waals surface area contributed by atoms with E-state index in [2.05, 4.69) is 101 Å². The summed E-state index contributed by atoms with van der Waals surface area (Å²) in [7, 11) is -9.98. The topological polar surface area (TPSA) is 237 Å². The molecule has 0 radical (unpaired) electrons. The van der Waals surface area contributed by atoms with Crippen molar-refractivity contribution in [1.82, 2.24) is 0 Å². The molecular formula is C81H142O17P2. The number of carbonyl (C=O) groups is 4. The lowest BCUT2D eigenvalue weighted by Crippen LogP contribution is -2.30. The highest BCUT2D eigenvalue weighted by atomic mass is 31.2. The first-order valence-corrected chi connectivity index (χ1v) is 42.5. The molecule has 0 aliphatic rings. The average molecular weight is 1450 g/mol. The Balaban J connectivity index is 5.42. The van der Waals surface area contributed by atoms with Gasteiger partial charge in [-0.05, 0) is 103 Å². The number of phosphoric ester groups is 2. The summed E-state index contributed by atoms with van der Waals surface area (Å²) in [6, 6.07) is 0. The third-order valence-electron chi connectivity index (χ3n) is 16.6. The van der Waals surface area contributed by atoms with Gasteiger partial charge in [0.1, 0.15) is 19.3 Å². The molecule has 0 fully saturated rings. The predicted molar refractivity (Wildman–Crippen MR) is 409 cm³/mol. The number of rotatable bonds is 74. The largest absolute Gasteiger partial charge is 0.472 e. The number of phosphoric acid groups is 2. The van der Waals surface area contributed by atoms with Crippen LogP contribution in [0.15, 0.2) is 97.2 Å². The Morgan fingerprint density at radius 1 is 0.280 bits per heavy atom. The lowest BCUT2D eigenvalue weighted by Gasteiger charge is -2.21. The standard InChI is InChI=1S/C81H142O17P2/c1-5-9-13-17-21-25-29-33-35-37-39-43-46-50-54-58-62-66-79(84)92-72-76(97-80(85)67-63-59-55-51-47-42-32-28-24-20-16-12-8-4)73-95-99(87,88)93-69-75(82)70-94-100(89,90)96-74-77(71-91-78(83)65-61-57-53-49-45-41-31-27-23-19-15-11-7-3)98-81(86)68-64-60-56-52-48-44-40-38-36-34-30-26-22-18-14-10-6-2/h21-22,25-26,33-36,39-40,43-44,50,52,54,56,75-77,82H,5-20,23-24,27-32,37-38,41-42,45-49,51,53,55,57-74H2,1-4H3,(H,87,88)(H,89,90)/b25-21-,26-22-,35-33-,36-34-,43-39-,44-40-,54-50-,56-52-/t75-,76+,77+/m0/s1. The summed E-state index contributed by atoms with van der Waals surface area (Å²) in [6.45, 7) is 4.73. The molecule has 0 aromatic carbocycles. The van der Waals surface area contributed by atoms with E-state index in [4.69, 9.17) is 37.0 Å². The molecule has 0 heterocycles. The summed E-state index contributed by atoms with van der Waals surface area (Å²) in [4.78, 5) is 72.9. The smallest absolute Gasteiger partial charge is 0.462 e. The quantitative estimate of drug-likeness (QED) is 0.0169. The molecule has 0 amide bonds. The van der Waals surface area contributed by atoms with Crippen LogP contribution in [0.25, 0.3) is 0 Å². The summed E-state index contributed by atoms with van der Waals surface area (Å²) >= 11 is 0. The fraction of sp³-hybridized carbons (Fsp3) is 0.753. The summed E-state index contributed by atoms with van der Waals surface area (Å²) in [5, 5.41) is 10.6. The van der Waals surface area contributed by atoms with Crippen molar-refractivity contribution in [1.29, 1.82) is 0 Å². The normalized spacial score (nSPS) is 14.4. The lowest BCUT2D eigenvalue weighted by atomic mass is 10.0. The predicted octanol–water partition coefficient (Wildman–Crippen LogP) is 22.8. The van der Waals surface area contributed by atoms with Crippen LogP contribution in [0, 0.1) is 0 Å². The number of aliphatic hydroxyl groups is 1. The number of esters is 4. The number of carbonyl (C=O) groups excluding carboxylic acids is 4. The molecule has 0 saturated heterocycles. The number of ether oxygens (including phenoxy) is 4. The van der Waals surface area contributed by atoms with E-state index >= 15 is 0 Å². The third-order valence-corrected chi connectivity index (χ3v) is 18.5. The molecule has 0 aromatic heterocycles. The van der Waals surface area contributed by atoms with Crippen LogP contribution < -0.4 is 0 Å². The van der Waals surface area contributed by atoms with Crippen LogP contribution in [0.3, 0.4) is 0 Å². The van der Waals surface area contributed by atoms with E-state index < -0.39 is 97.5 Å². The fourth-order valence-electron chi connectivity index (χ4n) is 10.5. The maximum Gasteiger partial charge on any atom is 0.472 e. The molecule has 5 atom stereocenters. The van der Waals surface area contributed by atoms with Gasteiger partial charge in [0.2, 0.25) is 0 Å². The van der Waals surface area contributed by atoms with Gasteiger partial charge in [0.15, 0.2) is 12.2 Å². The molecule has 0 spiro atoms. The molecule has 2 unspecified atom stereocenters. The van der Waals surface area contributed by atoms with E-state index in [0.29, 0.717) is 38.5 Å². The Morgan fingerprint density at radius 2 is 0.500 bits per heavy atom. The molecule has 0 aliphatic heterocycles. The Bertz CT molecular complexity index is 2270. The molecule has 0 aliphatic carbocycles. The van der Waals surface area contributed by atoms with Crippen molar-refractivity contribution in [3.63, 3.8) is 0 Å². The van der Waals surface area contributed by atoms with Crippen LogP contribution in [0.4, 0.5) is 0 Å². The van der Waals surface area contributed by atoms with Gasteiger partial charge in [-0.15, -0.1) is 0 Å². The van der Waals surface area contributed by atoms with Crippen molar-refractivity contribution in [2.45, 2.75) is 354 Å². The lowest BCUT2D eigenvalue weighted by molar-refractivity contribution is -0.161. The van der Waals surface area contributed by atoms with Crippen LogP contribution in [0.2, 0.25) is 0 Å². The molecule has 0 rings (SSSR count). The molecule has 19 heteroatoms. The zero-order valence-electron chi connectivity index (χ0n) is 63.1. The minimum atomic E-state index is -4.99. The van der Waals surface area contributed by atoms with Crippen LogP contribution in [0.1, 0.15) is 336 Å². The Labute approximate surface area is 607 Å². The number of aliphatic hydroxyl groups excluding tert-OH is 1. The molecule has 0 bridgehead atoms. The SMILES string of the molecule is CCCCC/C=C\C/C=C\C/C=C\C/C=C\CCCC(=O)OC[C@H](COP(=O)(O)OC[C@H](O)COP(=O)(O)OC[C@@H](COC(=O)CCCCCCCCCCCCCCC)OC(=O)CCC/C=C\C/C=C\C/C=C\C/C=C\CCCCC)OC(=O)CCCCCCCCCCCCCCC. The maximum absolute atomic E-state index is 13.1. The van der Waals surface area contributed by atoms with Crippen molar-refractivity contribution in [2.75, 3.05) is 39.6 Å². The minimum Gasteiger partial charge on any atom is -0.462 e. The Hall–Kier alpha value is -4.02. The van der Waals surface area contributed by atoms with E-state index in [1.54, 1.807) is 0 Å². The van der Waals surface area contributed by atoms with Crippen molar-refractivity contribution < 1.29 is 80.2 Å². The molecule has 17 nitrogen and oxygen atoms in total. The van der Waals surface area contributed by atoms with Crippen LogP contribution in [-0.2, 0) is 65.4 Å². The molecule has 3 N–H and O–H groups in total. The molecule has 0 saturated carbocycles. The maximum atomic E-state index is 13.1. The highest BCUT2D eigenvalue weighted by molar-refractivity contribution is 7.47. The third kappa shape index (κ3) is 72.3. The summed E-state index contributed by atoms with van der Waals surface area (Å²) < 4.78 is 68.4. The molecule has 100 heavy (non-hydrogen) atoms. The molecule has 0 aromatic rings. The summed E-state index contributed by atoms with van der Waals surface area (Å²) in [5.74, 6) is -2.29. The second-order valence-corrected chi connectivity index (χ2v) is 29.2. The first kappa shape index (κ1) is 96.0. The first-order valence-electron chi connectivity index (χ1n) is 39.5. The van der Waals surface area contributed by atoms with Gasteiger partial charge in [-0.1, -0.05) is 305 Å². The summed E-state index contributed by atoms with van der Waals surface area (Å²) in [6.07, 6.45) is 76.9. The van der Waals surface area contributed by atoms with Gasteiger partial charge in [-0.25, -0.2) is 9.13 Å². The monoisotopic (exact) mass is 1450 g/mol. The Morgan fingerprint density at radius 3 is 0.800 bits per heavy atom. The van der Waals surface area contributed by atoms with Crippen molar-refractivity contribution in [3.8, 4) is 0 Å². The van der Waals surface area contributed by atoms with Crippen LogP contribution in [0.5, 0.6) is 0 Å². The number of allylic oxidation sites excluding steroid dienone is 16. The highest BCUT2D eigenvalue weighted by Gasteiger charge is 2.30. The van der Waals surface area contributed by atoms with Gasteiger partial charge in [-0.2, -0.15) is 0 Å². The van der Waals surface area contributed by atoms with Crippen LogP contribution >= 0.6 is 15.6 Å². The number of hydrogen-bond acceptors (Lipinski definition) is 15. The Kier molecular flexibility index (Phi) is 70.4. The number of unbranched alkanes of at least 4 members (excludes halogenated alkanes) is 32. The van der Waals surface area contributed by atoms with Gasteiger partial charge in [0.25, 0.3) is 0 Å². The first-order chi connectivity index (χ1) is 48.7. The van der Waals surface area contributed by atoms with E-state index in [1.807, 2.05) is 24.3 Å². The second-order valence-electron chi connectivity index (χ2n) is 26.3. The van der Waals surface area contributed by atoms with E-state index in [1.165, 1.54) is 148 Å². The zero-order valence-corrected chi connectivity index (χ0v) is 64.9. The van der Waals surface area contributed by atoms with Crippen molar-refractivity contribution in [3.05, 3.63) is 97.2 Å². The fourth-order valence-corrected chi connectivity index (χ4v) is 12.1. The van der Waals surface area contributed by atoms with Crippen LogP contribution in [-0.4, -0.2) is 96.7 Å². The van der Waals surface area contributed by atoms with E-state index in [9.17, 15) is 43.2 Å².